The van der Waals surface area contributed by atoms with Gasteiger partial charge >= 0.3 is 5.97 Å². The minimum absolute atomic E-state index is 0.844. The van der Waals surface area contributed by atoms with E-state index >= 15 is 0 Å². The van der Waals surface area contributed by atoms with Crippen molar-refractivity contribution in [3.63, 3.8) is 0 Å². The second-order valence-electron chi connectivity index (χ2n) is 23.7. The predicted molar refractivity (Wildman–Crippen MR) is 298 cm³/mol. The first-order valence-corrected chi connectivity index (χ1v) is 30.2. The van der Waals surface area contributed by atoms with Gasteiger partial charge in [0, 0.05) is 34.1 Å². The molecule has 0 aromatic carbocycles. The highest BCUT2D eigenvalue weighted by molar-refractivity contribution is 5.77. The highest BCUT2D eigenvalue weighted by Gasteiger charge is 2.61. The Hall–Kier alpha value is -3.97. The zero-order chi connectivity index (χ0) is 71.7. The van der Waals surface area contributed by atoms with Crippen LogP contribution in [0.1, 0.15) is 34.1 Å². The third-order valence-electron chi connectivity index (χ3n) is 16.8. The van der Waals surface area contributed by atoms with Crippen LogP contribution in [0, 0.1) is 0 Å². The van der Waals surface area contributed by atoms with Gasteiger partial charge in [0.1, 0.15) is 159 Å². The van der Waals surface area contributed by atoms with Gasteiger partial charge in [-0.2, -0.15) is 0 Å². The van der Waals surface area contributed by atoms with E-state index in [1.54, 1.807) is 0 Å². The number of aliphatic hydroxyl groups excluding tert-OH is 21. The summed E-state index contributed by atoms with van der Waals surface area (Å²) in [5.74, 6) is -8.89. The van der Waals surface area contributed by atoms with Crippen LogP contribution in [0.3, 0.4) is 0 Å². The molecule has 6 aliphatic heterocycles. The molecule has 0 aromatic heterocycles. The number of carboxylic acid groups (broad SMARTS) is 1. The lowest BCUT2D eigenvalue weighted by Crippen LogP contribution is -2.71. The van der Waals surface area contributed by atoms with Crippen LogP contribution in [0.2, 0.25) is 0 Å². The van der Waals surface area contributed by atoms with Crippen molar-refractivity contribution in [2.75, 3.05) is 52.9 Å². The van der Waals surface area contributed by atoms with Gasteiger partial charge in [0.25, 0.3) is 5.79 Å². The summed E-state index contributed by atoms with van der Waals surface area (Å²) in [5.41, 5.74) is 0. The Bertz CT molecular complexity index is 2490. The molecule has 0 aliphatic carbocycles. The number of carbonyl (C=O) groups is 5. The highest BCUT2D eigenvalue weighted by Crippen LogP contribution is 2.40. The first-order chi connectivity index (χ1) is 45.2. The molecule has 4 amide bonds. The van der Waals surface area contributed by atoms with Crippen LogP contribution in [0.5, 0.6) is 0 Å². The molecule has 0 radical (unpaired) electrons. The third kappa shape index (κ3) is 18.6. The van der Waals surface area contributed by atoms with Crippen LogP contribution >= 0.6 is 0 Å². The van der Waals surface area contributed by atoms with Crippen molar-refractivity contribution in [1.29, 1.82) is 0 Å². The molecular weight excluding hydrogens is 1320 g/mol. The Morgan fingerprint density at radius 3 is 1.39 bits per heavy atom. The van der Waals surface area contributed by atoms with Gasteiger partial charge in [-0.15, -0.1) is 0 Å². The van der Waals surface area contributed by atoms with E-state index in [-0.39, 0.29) is 0 Å². The van der Waals surface area contributed by atoms with Gasteiger partial charge in [0.15, 0.2) is 31.5 Å². The fraction of sp³-hybridized carbons (Fsp3) is 0.906. The van der Waals surface area contributed by atoms with Gasteiger partial charge in [-0.1, -0.05) is 0 Å². The molecule has 0 unspecified atom stereocenters. The number of hydrogen-bond donors (Lipinski definition) is 26. The SMILES string of the molecule is CC(=O)N[C@H]1[C@H](O[C@H]2[C@@H](O)[C@@H](CO)O[C@@H](O[C@@H]([C@@H](O)[C@H](O)CO[C@@H]3O[C@H](CO)[C@@H](O[C@@H]4O[C@H](CO)[C@H](O)[C@H](O[C@]5(C(=O)O)C[C@H](O)[C@@H](NC(C)=O)[C@H]([C@H](O)[C@H](O)CO)O5)[C@H]4O)[C@H](O)[C@H]3NC(C)=O)[C@H](CO)NC(C)=O)[C@@H]2O)O[C@H](CO)[C@@H](O[C@@H]2O[C@H](CO)[C@H](O)[C@H](O)[C@H]2O)[C@@H]1O. The van der Waals surface area contributed by atoms with Crippen molar-refractivity contribution >= 4 is 29.6 Å². The maximum Gasteiger partial charge on any atom is 0.364 e. The van der Waals surface area contributed by atoms with Crippen LogP contribution in [-0.2, 0) is 80.8 Å². The van der Waals surface area contributed by atoms with Crippen molar-refractivity contribution in [1.82, 2.24) is 21.3 Å². The molecule has 6 saturated heterocycles. The standard InChI is InChI=1S/C53H90N4O39/c1-14(65)54-18(6-58)41(91-50-39(81)45(33(75)23(9-61)87-50)94-48-29(57-17(4)68)36(78)43(26(12-64)90-48)92-49-38(80)37(79)32(74)22(8-60)86-49)31(73)21(71)13-85-47-28(56-16(3)67)35(77)42(25(11-63)89-47)93-51-40(82)46(34(76)24(10-62)88-51)96-53(52(83)84)5-19(69)27(55-15(2)66)44(95-53)30(72)20(70)7-59/h18-51,58-64,69-82H,5-13H2,1-4H3,(H,54,65)(H,55,66)(H,56,67)(H,57,68)(H,83,84)/t18-,19-,20+,21+,22+,23+,24+,25+,26+,27+,28+,29+,30+,31-,32-,33-,34-,35+,36+,37-,38+,39+,40+,41+,42+,43+,44+,45-,46-,47+,48-,49-,50-,51-,53-/m0/s1. The number of aliphatic carboxylic acids is 1. The van der Waals surface area contributed by atoms with Gasteiger partial charge < -0.3 is 190 Å². The van der Waals surface area contributed by atoms with Crippen molar-refractivity contribution in [3.8, 4) is 0 Å². The van der Waals surface area contributed by atoms with Crippen molar-refractivity contribution in [2.45, 2.75) is 248 Å². The number of amides is 4. The molecule has 6 aliphatic rings. The van der Waals surface area contributed by atoms with Crippen LogP contribution in [-0.4, -0.2) is 409 Å². The van der Waals surface area contributed by atoms with Gasteiger partial charge in [-0.3, -0.25) is 19.2 Å². The quantitative estimate of drug-likeness (QED) is 0.0318. The lowest BCUT2D eigenvalue weighted by Gasteiger charge is -2.51. The van der Waals surface area contributed by atoms with E-state index in [1.165, 1.54) is 0 Å². The van der Waals surface area contributed by atoms with Gasteiger partial charge in [0.2, 0.25) is 23.6 Å². The van der Waals surface area contributed by atoms with Crippen LogP contribution in [0.25, 0.3) is 0 Å². The monoisotopic (exact) mass is 1410 g/mol. The van der Waals surface area contributed by atoms with E-state index in [9.17, 15) is 136 Å². The number of ether oxygens (including phenoxy) is 12. The minimum atomic E-state index is -3.23. The lowest BCUT2D eigenvalue weighted by atomic mass is 9.88. The number of carbonyl (C=O) groups excluding carboxylic acids is 4. The van der Waals surface area contributed by atoms with E-state index in [2.05, 4.69) is 21.3 Å². The van der Waals surface area contributed by atoms with E-state index in [1.807, 2.05) is 0 Å². The van der Waals surface area contributed by atoms with Gasteiger partial charge in [0.05, 0.1) is 71.0 Å². The number of nitrogens with one attached hydrogen (secondary N) is 4. The summed E-state index contributed by atoms with van der Waals surface area (Å²) in [5, 5.41) is 248. The summed E-state index contributed by atoms with van der Waals surface area (Å²) >= 11 is 0. The molecule has 43 heteroatoms. The van der Waals surface area contributed by atoms with Gasteiger partial charge in [-0.05, 0) is 0 Å². The highest BCUT2D eigenvalue weighted by atomic mass is 16.8. The third-order valence-corrected chi connectivity index (χ3v) is 16.8. The molecule has 6 fully saturated rings. The first kappa shape index (κ1) is 81.0. The molecular formula is C53H90N4O39. The summed E-state index contributed by atoms with van der Waals surface area (Å²) in [6.07, 6.45) is -63.5. The van der Waals surface area contributed by atoms with E-state index in [0.717, 1.165) is 27.7 Å². The second kappa shape index (κ2) is 35.6. The van der Waals surface area contributed by atoms with E-state index < -0.39 is 303 Å². The summed E-state index contributed by atoms with van der Waals surface area (Å²) in [6, 6.07) is -7.18. The second-order valence-corrected chi connectivity index (χ2v) is 23.7. The Morgan fingerprint density at radius 1 is 0.469 bits per heavy atom. The number of carboxylic acids is 1. The molecule has 0 spiro atoms. The Balaban J connectivity index is 1.21. The molecule has 35 atom stereocenters. The smallest absolute Gasteiger partial charge is 0.364 e. The van der Waals surface area contributed by atoms with Crippen molar-refractivity contribution in [3.05, 3.63) is 0 Å². The molecule has 0 saturated carbocycles. The summed E-state index contributed by atoms with van der Waals surface area (Å²) in [7, 11) is 0. The fourth-order valence-electron chi connectivity index (χ4n) is 11.8. The predicted octanol–water partition coefficient (Wildman–Crippen LogP) is -16.9. The van der Waals surface area contributed by atoms with Crippen LogP contribution in [0.4, 0.5) is 0 Å². The van der Waals surface area contributed by atoms with Gasteiger partial charge in [-0.25, -0.2) is 4.79 Å². The summed E-state index contributed by atoms with van der Waals surface area (Å²) in [6.45, 7) is -5.02. The maximum atomic E-state index is 13.1. The number of hydrogen-bond acceptors (Lipinski definition) is 38. The summed E-state index contributed by atoms with van der Waals surface area (Å²) in [4.78, 5) is 62.9. The average Bonchev–Trinajstić information content (AvgIpc) is 0.763. The Labute approximate surface area is 544 Å². The topological polar surface area (TPSA) is 689 Å². The number of rotatable bonds is 30. The average molecular weight is 1410 g/mol. The maximum absolute atomic E-state index is 13.1. The Morgan fingerprint density at radius 2 is 0.906 bits per heavy atom. The van der Waals surface area contributed by atoms with E-state index in [4.69, 9.17) is 56.8 Å². The summed E-state index contributed by atoms with van der Waals surface area (Å²) < 4.78 is 68.8. The fourth-order valence-corrected chi connectivity index (χ4v) is 11.8. The van der Waals surface area contributed by atoms with Crippen molar-refractivity contribution < 1.29 is 193 Å². The molecule has 6 rings (SSSR count). The molecule has 43 nitrogen and oxygen atoms in total. The molecule has 556 valence electrons. The normalized spacial score (nSPS) is 42.6. The molecule has 6 heterocycles. The van der Waals surface area contributed by atoms with Crippen molar-refractivity contribution in [2.24, 2.45) is 0 Å². The first-order valence-electron chi connectivity index (χ1n) is 30.2. The Kier molecular flexibility index (Phi) is 30.0. The largest absolute Gasteiger partial charge is 0.477 e. The lowest BCUT2D eigenvalue weighted by molar-refractivity contribution is -0.383. The van der Waals surface area contributed by atoms with E-state index in [0.29, 0.717) is 0 Å². The minimum Gasteiger partial charge on any atom is -0.477 e. The molecule has 26 N–H and O–H groups in total. The zero-order valence-electron chi connectivity index (χ0n) is 51.8. The van der Waals surface area contributed by atoms with Crippen LogP contribution < -0.4 is 21.3 Å². The molecule has 96 heavy (non-hydrogen) atoms. The van der Waals surface area contributed by atoms with Crippen LogP contribution in [0.15, 0.2) is 0 Å². The number of aliphatic hydroxyl groups is 21. The molecule has 0 bridgehead atoms. The zero-order valence-corrected chi connectivity index (χ0v) is 51.8. The molecule has 0 aromatic rings.